The van der Waals surface area contributed by atoms with Gasteiger partial charge >= 0.3 is 0 Å². The van der Waals surface area contributed by atoms with E-state index in [1.165, 1.54) is 6.92 Å². The molecule has 11 nitrogen and oxygen atoms in total. The van der Waals surface area contributed by atoms with E-state index in [0.29, 0.717) is 47.8 Å². The van der Waals surface area contributed by atoms with E-state index < -0.39 is 0 Å². The van der Waals surface area contributed by atoms with Gasteiger partial charge in [-0.25, -0.2) is 0 Å². The molecule has 4 rings (SSSR count). The molecule has 1 unspecified atom stereocenters. The number of hydrogen-bond donors (Lipinski definition) is 3. The quantitative estimate of drug-likeness (QED) is 0.326. The summed E-state index contributed by atoms with van der Waals surface area (Å²) in [7, 11) is 2.01. The Labute approximate surface area is 229 Å². The molecule has 39 heavy (non-hydrogen) atoms. The number of ether oxygens (including phenoxy) is 1. The Kier molecular flexibility index (Phi) is 11.4. The lowest BCUT2D eigenvalue weighted by molar-refractivity contribution is -0.118. The molecular weight excluding hydrogens is 500 g/mol. The molecule has 0 saturated heterocycles. The van der Waals surface area contributed by atoms with Gasteiger partial charge in [-0.1, -0.05) is 11.2 Å². The van der Waals surface area contributed by atoms with E-state index in [0.717, 1.165) is 37.5 Å². The first-order valence-electron chi connectivity index (χ1n) is 13.3. The van der Waals surface area contributed by atoms with Crippen molar-refractivity contribution in [3.8, 4) is 5.75 Å². The SMILES string of the molecule is C=N/C(=C\C(=NCC)C(=O)NCc1ccc2c(c1)NC(=O)CO2)C1=NOC(C2CCC(NC)CC2)C1.CC=O. The number of nitrogens with one attached hydrogen (secondary N) is 3. The normalized spacial score (nSPS) is 22.6. The van der Waals surface area contributed by atoms with E-state index in [2.05, 4.69) is 37.8 Å². The summed E-state index contributed by atoms with van der Waals surface area (Å²) in [5.41, 5.74) is 2.84. The summed E-state index contributed by atoms with van der Waals surface area (Å²) in [5.74, 6) is 0.524. The van der Waals surface area contributed by atoms with Crippen molar-refractivity contribution < 1.29 is 24.0 Å². The summed E-state index contributed by atoms with van der Waals surface area (Å²) in [6.07, 6.45) is 7.51. The summed E-state index contributed by atoms with van der Waals surface area (Å²) < 4.78 is 5.38. The van der Waals surface area contributed by atoms with Crippen LogP contribution in [-0.4, -0.2) is 68.6 Å². The van der Waals surface area contributed by atoms with Gasteiger partial charge in [0.1, 0.15) is 29.6 Å². The zero-order valence-electron chi connectivity index (χ0n) is 22.9. The Bertz CT molecular complexity index is 1140. The molecule has 1 aromatic carbocycles. The molecule has 11 heteroatoms. The molecule has 1 atom stereocenters. The summed E-state index contributed by atoms with van der Waals surface area (Å²) >= 11 is 0. The first-order valence-corrected chi connectivity index (χ1v) is 13.3. The highest BCUT2D eigenvalue weighted by Gasteiger charge is 2.33. The molecule has 2 amide bonds. The molecule has 0 bridgehead atoms. The molecule has 1 fully saturated rings. The fourth-order valence-electron chi connectivity index (χ4n) is 4.80. The smallest absolute Gasteiger partial charge is 0.269 e. The number of oxime groups is 1. The van der Waals surface area contributed by atoms with Crippen LogP contribution in [0.2, 0.25) is 0 Å². The number of allylic oxidation sites excluding steroid dienone is 1. The molecule has 1 saturated carbocycles. The van der Waals surface area contributed by atoms with Crippen molar-refractivity contribution in [2.24, 2.45) is 21.1 Å². The van der Waals surface area contributed by atoms with E-state index in [9.17, 15) is 9.59 Å². The minimum absolute atomic E-state index is 0.000465. The molecule has 1 aliphatic carbocycles. The van der Waals surface area contributed by atoms with Crippen molar-refractivity contribution in [1.29, 1.82) is 0 Å². The van der Waals surface area contributed by atoms with Crippen LogP contribution in [0.4, 0.5) is 5.69 Å². The highest BCUT2D eigenvalue weighted by atomic mass is 16.6. The number of anilines is 1. The van der Waals surface area contributed by atoms with Crippen LogP contribution in [0.3, 0.4) is 0 Å². The number of benzene rings is 1. The van der Waals surface area contributed by atoms with Crippen molar-refractivity contribution in [2.75, 3.05) is 25.5 Å². The van der Waals surface area contributed by atoms with Crippen molar-refractivity contribution in [3.05, 3.63) is 35.5 Å². The number of nitrogens with zero attached hydrogens (tertiary/aromatic N) is 3. The number of carbonyl (C=O) groups excluding carboxylic acids is 3. The minimum Gasteiger partial charge on any atom is -0.482 e. The third-order valence-corrected chi connectivity index (χ3v) is 6.83. The maximum atomic E-state index is 13.0. The van der Waals surface area contributed by atoms with Crippen LogP contribution in [0, 0.1) is 5.92 Å². The third-order valence-electron chi connectivity index (χ3n) is 6.83. The van der Waals surface area contributed by atoms with Crippen molar-refractivity contribution in [3.63, 3.8) is 0 Å². The zero-order valence-corrected chi connectivity index (χ0v) is 22.9. The van der Waals surface area contributed by atoms with E-state index >= 15 is 0 Å². The fraction of sp³-hybridized carbons (Fsp3) is 0.500. The third kappa shape index (κ3) is 8.31. The first-order chi connectivity index (χ1) is 18.9. The molecule has 3 N–H and O–H groups in total. The monoisotopic (exact) mass is 538 g/mol. The number of amides is 2. The average Bonchev–Trinajstić information content (AvgIpc) is 3.44. The van der Waals surface area contributed by atoms with Gasteiger partial charge in [0, 0.05) is 25.6 Å². The van der Waals surface area contributed by atoms with Gasteiger partial charge in [0.15, 0.2) is 6.61 Å². The lowest BCUT2D eigenvalue weighted by atomic mass is 9.81. The highest BCUT2D eigenvalue weighted by molar-refractivity contribution is 6.44. The van der Waals surface area contributed by atoms with E-state index in [1.807, 2.05) is 20.0 Å². The number of aldehydes is 1. The van der Waals surface area contributed by atoms with Gasteiger partial charge in [-0.05, 0) is 83.0 Å². The van der Waals surface area contributed by atoms with E-state index in [1.54, 1.807) is 18.2 Å². The second-order valence-corrected chi connectivity index (χ2v) is 9.42. The second kappa shape index (κ2) is 14.9. The minimum atomic E-state index is -0.336. The molecule has 0 radical (unpaired) electrons. The zero-order chi connectivity index (χ0) is 28.2. The molecule has 2 heterocycles. The second-order valence-electron chi connectivity index (χ2n) is 9.42. The molecule has 0 spiro atoms. The summed E-state index contributed by atoms with van der Waals surface area (Å²) in [5, 5.41) is 13.3. The Balaban J connectivity index is 0.00000134. The van der Waals surface area contributed by atoms with Gasteiger partial charge in [0.25, 0.3) is 11.8 Å². The largest absolute Gasteiger partial charge is 0.482 e. The van der Waals surface area contributed by atoms with Crippen LogP contribution in [0.5, 0.6) is 5.75 Å². The van der Waals surface area contributed by atoms with Gasteiger partial charge in [-0.15, -0.1) is 0 Å². The summed E-state index contributed by atoms with van der Waals surface area (Å²) in [6.45, 7) is 7.69. The lowest BCUT2D eigenvalue weighted by Crippen LogP contribution is -2.34. The number of fused-ring (bicyclic) bond motifs is 1. The molecular formula is C28H38N6O5. The maximum Gasteiger partial charge on any atom is 0.269 e. The summed E-state index contributed by atoms with van der Waals surface area (Å²) in [6, 6.07) is 5.98. The van der Waals surface area contributed by atoms with E-state index in [4.69, 9.17) is 14.4 Å². The topological polar surface area (TPSA) is 143 Å². The maximum absolute atomic E-state index is 13.0. The molecule has 1 aromatic rings. The first kappa shape index (κ1) is 29.7. The number of hydrogen-bond acceptors (Lipinski definition) is 9. The van der Waals surface area contributed by atoms with Crippen LogP contribution < -0.4 is 20.7 Å². The number of carbonyl (C=O) groups is 3. The Morgan fingerprint density at radius 3 is 2.69 bits per heavy atom. The molecule has 0 aromatic heterocycles. The van der Waals surface area contributed by atoms with Gasteiger partial charge in [-0.2, -0.15) is 0 Å². The molecule has 2 aliphatic heterocycles. The van der Waals surface area contributed by atoms with Crippen LogP contribution in [0.1, 0.15) is 51.5 Å². The van der Waals surface area contributed by atoms with Gasteiger partial charge in [0.2, 0.25) is 0 Å². The number of aliphatic imine (C=N–C) groups is 2. The van der Waals surface area contributed by atoms with Crippen LogP contribution >= 0.6 is 0 Å². The predicted molar refractivity (Wildman–Crippen MR) is 151 cm³/mol. The van der Waals surface area contributed by atoms with Crippen LogP contribution in [0.25, 0.3) is 0 Å². The Hall–Kier alpha value is -3.86. The Morgan fingerprint density at radius 2 is 2.03 bits per heavy atom. The van der Waals surface area contributed by atoms with Crippen LogP contribution in [-0.2, 0) is 25.8 Å². The lowest BCUT2D eigenvalue weighted by Gasteiger charge is -2.30. The molecule has 3 aliphatic rings. The average molecular weight is 539 g/mol. The van der Waals surface area contributed by atoms with Crippen LogP contribution in [0.15, 0.2) is 45.1 Å². The summed E-state index contributed by atoms with van der Waals surface area (Å²) in [4.78, 5) is 47.6. The standard InChI is InChI=1S/C26H34N6O4.C2H4O/c1-4-29-22(26(34)30-14-16-5-10-23-21(11-16)31-25(33)15-35-23)12-19(28-3)20-13-24(36-32-20)17-6-8-18(27-2)9-7-17;1-2-3/h5,10-12,17-18,24,27H,3-4,6-9,13-15H2,1-2H3,(H,30,34)(H,31,33);2H,1H3/b19-12-,29-22?;. The molecule has 210 valence electrons. The number of rotatable bonds is 9. The highest BCUT2D eigenvalue weighted by Crippen LogP contribution is 2.33. The van der Waals surface area contributed by atoms with E-state index in [-0.39, 0.29) is 36.8 Å². The van der Waals surface area contributed by atoms with Gasteiger partial charge in [-0.3, -0.25) is 19.6 Å². The van der Waals surface area contributed by atoms with Crippen molar-refractivity contribution in [2.45, 2.75) is 64.6 Å². The predicted octanol–water partition coefficient (Wildman–Crippen LogP) is 2.81. The fourth-order valence-corrected chi connectivity index (χ4v) is 4.80. The van der Waals surface area contributed by atoms with Gasteiger partial charge < -0.3 is 30.3 Å². The Morgan fingerprint density at radius 1 is 1.28 bits per heavy atom. The van der Waals surface area contributed by atoms with Gasteiger partial charge in [0.05, 0.1) is 11.4 Å². The van der Waals surface area contributed by atoms with Crippen molar-refractivity contribution in [1.82, 2.24) is 10.6 Å². The van der Waals surface area contributed by atoms with Crippen molar-refractivity contribution >= 4 is 41.9 Å².